The number of anilines is 1. The molecule has 0 aliphatic carbocycles. The molecule has 2 heterocycles. The molecular formula is C20H16BrF3N4O2S. The Morgan fingerprint density at radius 1 is 1.35 bits per heavy atom. The Balaban J connectivity index is 1.87. The number of ether oxygens (including phenoxy) is 1. The maximum absolute atomic E-state index is 13.1. The quantitative estimate of drug-likeness (QED) is 0.388. The van der Waals surface area contributed by atoms with Gasteiger partial charge < -0.3 is 15.4 Å². The van der Waals surface area contributed by atoms with Gasteiger partial charge in [-0.3, -0.25) is 9.20 Å². The van der Waals surface area contributed by atoms with Crippen molar-refractivity contribution < 1.29 is 22.7 Å². The Kier molecular flexibility index (Phi) is 7.02. The SMILES string of the molecule is CNC(=O)c1ccc(OC)c(NCC#Cc2nc3c(Br)cccn3c2SC(F)(F)F)c1. The zero-order chi connectivity index (χ0) is 22.6. The first kappa shape index (κ1) is 22.8. The third-order valence-electron chi connectivity index (χ3n) is 4.03. The van der Waals surface area contributed by atoms with E-state index < -0.39 is 5.51 Å². The highest BCUT2D eigenvalue weighted by Crippen LogP contribution is 2.39. The van der Waals surface area contributed by atoms with Crippen LogP contribution >= 0.6 is 27.7 Å². The average molecular weight is 513 g/mol. The molecule has 0 saturated heterocycles. The first-order valence-electron chi connectivity index (χ1n) is 8.78. The summed E-state index contributed by atoms with van der Waals surface area (Å²) in [5.41, 5.74) is -3.18. The van der Waals surface area contributed by atoms with Crippen LogP contribution in [-0.4, -0.2) is 41.5 Å². The van der Waals surface area contributed by atoms with Gasteiger partial charge in [0, 0.05) is 30.6 Å². The van der Waals surface area contributed by atoms with Gasteiger partial charge >= 0.3 is 5.51 Å². The highest BCUT2D eigenvalue weighted by molar-refractivity contribution is 9.10. The van der Waals surface area contributed by atoms with Crippen LogP contribution in [-0.2, 0) is 0 Å². The minimum atomic E-state index is -4.49. The van der Waals surface area contributed by atoms with Gasteiger partial charge in [-0.25, -0.2) is 4.98 Å². The summed E-state index contributed by atoms with van der Waals surface area (Å²) in [4.78, 5) is 16.1. The molecule has 0 fully saturated rings. The van der Waals surface area contributed by atoms with Crippen molar-refractivity contribution in [3.05, 3.63) is 52.3 Å². The molecule has 11 heteroatoms. The standard InChI is InChI=1S/C20H16BrF3N4O2S/c1-25-18(29)12-7-8-16(30-2)15(11-12)26-9-3-6-14-19(31-20(22,23)24)28-10-4-5-13(21)17(28)27-14/h4-5,7-8,10-11,26H,9H2,1-2H3,(H,25,29). The number of hydrogen-bond acceptors (Lipinski definition) is 5. The molecule has 3 aromatic rings. The maximum Gasteiger partial charge on any atom is 0.447 e. The minimum Gasteiger partial charge on any atom is -0.495 e. The van der Waals surface area contributed by atoms with Crippen LogP contribution in [0.4, 0.5) is 18.9 Å². The number of nitrogens with zero attached hydrogens (tertiary/aromatic N) is 2. The van der Waals surface area contributed by atoms with Crippen molar-refractivity contribution in [1.82, 2.24) is 14.7 Å². The van der Waals surface area contributed by atoms with E-state index in [1.807, 2.05) is 0 Å². The predicted molar refractivity (Wildman–Crippen MR) is 117 cm³/mol. The van der Waals surface area contributed by atoms with E-state index in [-0.39, 0.29) is 34.9 Å². The number of amides is 1. The van der Waals surface area contributed by atoms with Crippen molar-refractivity contribution in [2.24, 2.45) is 0 Å². The number of methoxy groups -OCH3 is 1. The largest absolute Gasteiger partial charge is 0.495 e. The second-order valence-electron chi connectivity index (χ2n) is 6.01. The minimum absolute atomic E-state index is 0.0158. The van der Waals surface area contributed by atoms with E-state index >= 15 is 0 Å². The van der Waals surface area contributed by atoms with Gasteiger partial charge in [0.05, 0.1) is 23.8 Å². The number of hydrogen-bond donors (Lipinski definition) is 2. The molecule has 0 unspecified atom stereocenters. The Hall–Kier alpha value is -2.84. The molecule has 1 amide bonds. The summed E-state index contributed by atoms with van der Waals surface area (Å²) < 4.78 is 46.3. The van der Waals surface area contributed by atoms with Crippen LogP contribution in [0, 0.1) is 11.8 Å². The lowest BCUT2D eigenvalue weighted by Gasteiger charge is -2.10. The summed E-state index contributed by atoms with van der Waals surface area (Å²) in [6, 6.07) is 8.16. The number of benzene rings is 1. The highest BCUT2D eigenvalue weighted by Gasteiger charge is 2.33. The van der Waals surface area contributed by atoms with Crippen LogP contribution in [0.25, 0.3) is 5.65 Å². The van der Waals surface area contributed by atoms with E-state index in [4.69, 9.17) is 4.74 Å². The van der Waals surface area contributed by atoms with Crippen molar-refractivity contribution in [2.75, 3.05) is 26.0 Å². The number of rotatable bonds is 5. The smallest absolute Gasteiger partial charge is 0.447 e. The molecule has 0 aliphatic heterocycles. The summed E-state index contributed by atoms with van der Waals surface area (Å²) in [5, 5.41) is 5.43. The molecule has 0 spiro atoms. The normalized spacial score (nSPS) is 11.0. The Morgan fingerprint density at radius 3 is 2.81 bits per heavy atom. The Morgan fingerprint density at radius 2 is 2.13 bits per heavy atom. The molecule has 0 radical (unpaired) electrons. The average Bonchev–Trinajstić information content (AvgIpc) is 3.07. The number of halogens is 4. The van der Waals surface area contributed by atoms with Crippen LogP contribution in [0.15, 0.2) is 46.0 Å². The number of pyridine rings is 1. The maximum atomic E-state index is 13.1. The van der Waals surface area contributed by atoms with Crippen molar-refractivity contribution in [3.8, 4) is 17.6 Å². The predicted octanol–water partition coefficient (Wildman–Crippen LogP) is 4.54. The topological polar surface area (TPSA) is 67.7 Å². The van der Waals surface area contributed by atoms with E-state index in [0.29, 0.717) is 27.1 Å². The molecule has 0 atom stereocenters. The van der Waals surface area contributed by atoms with Crippen molar-refractivity contribution in [3.63, 3.8) is 0 Å². The molecule has 1 aromatic carbocycles. The number of carbonyl (C=O) groups is 1. The second-order valence-corrected chi connectivity index (χ2v) is 7.92. The van der Waals surface area contributed by atoms with Crippen molar-refractivity contribution in [1.29, 1.82) is 0 Å². The van der Waals surface area contributed by atoms with Gasteiger partial charge in [0.2, 0.25) is 0 Å². The molecule has 6 nitrogen and oxygen atoms in total. The van der Waals surface area contributed by atoms with E-state index in [0.717, 1.165) is 0 Å². The number of fused-ring (bicyclic) bond motifs is 1. The summed E-state index contributed by atoms with van der Waals surface area (Å²) in [5.74, 6) is 5.72. The second kappa shape index (κ2) is 9.53. The molecule has 0 bridgehead atoms. The number of alkyl halides is 3. The fourth-order valence-electron chi connectivity index (χ4n) is 2.70. The lowest BCUT2D eigenvalue weighted by Crippen LogP contribution is -2.18. The monoisotopic (exact) mass is 512 g/mol. The number of aromatic nitrogens is 2. The third kappa shape index (κ3) is 5.45. The van der Waals surface area contributed by atoms with Crippen LogP contribution < -0.4 is 15.4 Å². The number of nitrogens with one attached hydrogen (secondary N) is 2. The Bertz CT molecular complexity index is 1180. The summed E-state index contributed by atoms with van der Waals surface area (Å²) >= 11 is 3.03. The summed E-state index contributed by atoms with van der Waals surface area (Å²) in [6.45, 7) is 0.0960. The third-order valence-corrected chi connectivity index (χ3v) is 5.47. The van der Waals surface area contributed by atoms with Crippen LogP contribution in [0.5, 0.6) is 5.75 Å². The molecular weight excluding hydrogens is 497 g/mol. The lowest BCUT2D eigenvalue weighted by atomic mass is 10.1. The Labute approximate surface area is 188 Å². The zero-order valence-corrected chi connectivity index (χ0v) is 18.7. The first-order chi connectivity index (χ1) is 14.7. The number of thioether (sulfide) groups is 1. The van der Waals surface area contributed by atoms with Gasteiger partial charge in [0.1, 0.15) is 16.5 Å². The van der Waals surface area contributed by atoms with Crippen molar-refractivity contribution >= 4 is 44.9 Å². The first-order valence-corrected chi connectivity index (χ1v) is 10.4. The van der Waals surface area contributed by atoms with Gasteiger partial charge in [0.25, 0.3) is 5.91 Å². The van der Waals surface area contributed by atoms with E-state index in [1.165, 1.54) is 24.8 Å². The fourth-order valence-corrected chi connectivity index (χ4v) is 3.79. The fraction of sp³-hybridized carbons (Fsp3) is 0.200. The van der Waals surface area contributed by atoms with Gasteiger partial charge in [0.15, 0.2) is 5.65 Å². The number of imidazole rings is 1. The van der Waals surface area contributed by atoms with E-state index in [1.54, 1.807) is 30.3 Å². The van der Waals surface area contributed by atoms with Gasteiger partial charge in [-0.05, 0) is 52.2 Å². The molecule has 0 saturated carbocycles. The highest BCUT2D eigenvalue weighted by atomic mass is 79.9. The van der Waals surface area contributed by atoms with Crippen LogP contribution in [0.2, 0.25) is 0 Å². The molecule has 162 valence electrons. The lowest BCUT2D eigenvalue weighted by molar-refractivity contribution is -0.0330. The summed E-state index contributed by atoms with van der Waals surface area (Å²) in [7, 11) is 3.01. The molecule has 2 aromatic heterocycles. The molecule has 3 rings (SSSR count). The molecule has 0 aliphatic rings. The van der Waals surface area contributed by atoms with Crippen LogP contribution in [0.1, 0.15) is 16.1 Å². The molecule has 31 heavy (non-hydrogen) atoms. The van der Waals surface area contributed by atoms with Gasteiger partial charge in [-0.2, -0.15) is 13.2 Å². The van der Waals surface area contributed by atoms with Crippen LogP contribution in [0.3, 0.4) is 0 Å². The van der Waals surface area contributed by atoms with E-state index in [2.05, 4.69) is 43.4 Å². The van der Waals surface area contributed by atoms with E-state index in [9.17, 15) is 18.0 Å². The zero-order valence-electron chi connectivity index (χ0n) is 16.3. The molecule has 2 N–H and O–H groups in total. The van der Waals surface area contributed by atoms with Gasteiger partial charge in [-0.15, -0.1) is 0 Å². The number of carbonyl (C=O) groups excluding carboxylic acids is 1. The summed E-state index contributed by atoms with van der Waals surface area (Å²) in [6.07, 6.45) is 1.50. The van der Waals surface area contributed by atoms with Gasteiger partial charge in [-0.1, -0.05) is 5.92 Å². The van der Waals surface area contributed by atoms with Crippen molar-refractivity contribution in [2.45, 2.75) is 10.5 Å².